The number of nitrogens with one attached hydrogen (secondary N) is 3. The Morgan fingerprint density at radius 2 is 1.93 bits per heavy atom. The minimum Gasteiger partial charge on any atom is -0.374 e. The summed E-state index contributed by atoms with van der Waals surface area (Å²) in [6, 6.07) is 18.2. The number of aliphatic imine (C=N–C) groups is 1. The molecule has 0 bridgehead atoms. The predicted octanol–water partition coefficient (Wildman–Crippen LogP) is 3.84. The Hall–Kier alpha value is -2.86. The number of carbonyl (C=O) groups is 1. The van der Waals surface area contributed by atoms with E-state index in [9.17, 15) is 4.79 Å². The molecule has 3 rings (SSSR count). The summed E-state index contributed by atoms with van der Waals surface area (Å²) in [6.45, 7) is 6.93. The van der Waals surface area contributed by atoms with Crippen LogP contribution in [0, 0.1) is 0 Å². The van der Waals surface area contributed by atoms with Gasteiger partial charge in [0, 0.05) is 37.7 Å². The molecule has 1 amide bonds. The zero-order valence-electron chi connectivity index (χ0n) is 17.9. The van der Waals surface area contributed by atoms with Crippen molar-refractivity contribution in [2.75, 3.05) is 31.6 Å². The van der Waals surface area contributed by atoms with Crippen molar-refractivity contribution >= 4 is 17.6 Å². The number of hydrogen-bond donors (Lipinski definition) is 3. The van der Waals surface area contributed by atoms with E-state index in [4.69, 9.17) is 9.73 Å². The van der Waals surface area contributed by atoms with Crippen LogP contribution in [-0.4, -0.2) is 38.1 Å². The first-order chi connectivity index (χ1) is 14.7. The second kappa shape index (κ2) is 11.4. The van der Waals surface area contributed by atoms with Crippen molar-refractivity contribution in [2.45, 2.75) is 38.7 Å². The van der Waals surface area contributed by atoms with E-state index in [0.29, 0.717) is 19.6 Å². The largest absolute Gasteiger partial charge is 0.374 e. The van der Waals surface area contributed by atoms with Crippen LogP contribution >= 0.6 is 0 Å². The number of rotatable bonds is 9. The van der Waals surface area contributed by atoms with Gasteiger partial charge in [0.15, 0.2) is 5.96 Å². The first-order valence-electron chi connectivity index (χ1n) is 10.7. The monoisotopic (exact) mass is 408 g/mol. The van der Waals surface area contributed by atoms with E-state index in [1.807, 2.05) is 43.3 Å². The van der Waals surface area contributed by atoms with Gasteiger partial charge >= 0.3 is 0 Å². The SMILES string of the molecule is CCNC(=NCC1CC(=O)Nc2ccccc21)NCCCOC(C)c1ccccc1. The molecule has 0 aliphatic carbocycles. The highest BCUT2D eigenvalue weighted by molar-refractivity contribution is 5.94. The summed E-state index contributed by atoms with van der Waals surface area (Å²) in [6.07, 6.45) is 1.44. The molecule has 0 fully saturated rings. The second-order valence-corrected chi connectivity index (χ2v) is 7.46. The van der Waals surface area contributed by atoms with Crippen LogP contribution in [0.4, 0.5) is 5.69 Å². The normalized spacial score (nSPS) is 17.1. The molecule has 1 aliphatic heterocycles. The van der Waals surface area contributed by atoms with E-state index in [1.165, 1.54) is 5.56 Å². The smallest absolute Gasteiger partial charge is 0.225 e. The van der Waals surface area contributed by atoms with Gasteiger partial charge in [-0.1, -0.05) is 48.5 Å². The topological polar surface area (TPSA) is 74.8 Å². The summed E-state index contributed by atoms with van der Waals surface area (Å²) < 4.78 is 5.93. The Morgan fingerprint density at radius 1 is 1.17 bits per heavy atom. The molecule has 0 saturated carbocycles. The molecule has 3 N–H and O–H groups in total. The number of benzene rings is 2. The van der Waals surface area contributed by atoms with E-state index in [-0.39, 0.29) is 17.9 Å². The summed E-state index contributed by atoms with van der Waals surface area (Å²) in [5.74, 6) is 0.925. The Balaban J connectivity index is 1.46. The van der Waals surface area contributed by atoms with Gasteiger partial charge < -0.3 is 20.7 Å². The van der Waals surface area contributed by atoms with Crippen LogP contribution in [0.25, 0.3) is 0 Å². The lowest BCUT2D eigenvalue weighted by atomic mass is 9.91. The number of ether oxygens (including phenoxy) is 1. The Bertz CT molecular complexity index is 838. The molecule has 30 heavy (non-hydrogen) atoms. The number of para-hydroxylation sites is 1. The molecule has 0 radical (unpaired) electrons. The number of amides is 1. The number of fused-ring (bicyclic) bond motifs is 1. The van der Waals surface area contributed by atoms with Gasteiger partial charge in [-0.15, -0.1) is 0 Å². The molecule has 2 atom stereocenters. The average molecular weight is 409 g/mol. The van der Waals surface area contributed by atoms with Crippen molar-refractivity contribution in [3.8, 4) is 0 Å². The summed E-state index contributed by atoms with van der Waals surface area (Å²) in [7, 11) is 0. The Morgan fingerprint density at radius 3 is 2.73 bits per heavy atom. The van der Waals surface area contributed by atoms with Crippen LogP contribution in [0.3, 0.4) is 0 Å². The standard InChI is InChI=1S/C24H32N4O2/c1-3-25-24(26-14-9-15-30-18(2)19-10-5-4-6-11-19)27-17-20-16-23(29)28-22-13-8-7-12-21(20)22/h4-8,10-13,18,20H,3,9,14-17H2,1-2H3,(H,28,29)(H2,25,26,27). The molecule has 0 spiro atoms. The van der Waals surface area contributed by atoms with Gasteiger partial charge in [-0.2, -0.15) is 0 Å². The molecular weight excluding hydrogens is 376 g/mol. The molecule has 1 heterocycles. The molecule has 160 valence electrons. The first-order valence-corrected chi connectivity index (χ1v) is 10.7. The quantitative estimate of drug-likeness (QED) is 0.335. The zero-order chi connectivity index (χ0) is 21.2. The molecule has 2 unspecified atom stereocenters. The van der Waals surface area contributed by atoms with Crippen LogP contribution in [0.15, 0.2) is 59.6 Å². The maximum Gasteiger partial charge on any atom is 0.225 e. The van der Waals surface area contributed by atoms with Crippen molar-refractivity contribution in [1.29, 1.82) is 0 Å². The maximum atomic E-state index is 12.0. The molecule has 6 heteroatoms. The summed E-state index contributed by atoms with van der Waals surface area (Å²) in [5.41, 5.74) is 3.24. The fourth-order valence-corrected chi connectivity index (χ4v) is 3.57. The lowest BCUT2D eigenvalue weighted by Crippen LogP contribution is -2.38. The molecule has 0 saturated heterocycles. The second-order valence-electron chi connectivity index (χ2n) is 7.46. The molecule has 2 aromatic rings. The minimum atomic E-state index is 0.0524. The summed E-state index contributed by atoms with van der Waals surface area (Å²) in [5, 5.41) is 9.59. The number of carbonyl (C=O) groups excluding carboxylic acids is 1. The highest BCUT2D eigenvalue weighted by atomic mass is 16.5. The van der Waals surface area contributed by atoms with Gasteiger partial charge in [0.05, 0.1) is 12.6 Å². The fourth-order valence-electron chi connectivity index (χ4n) is 3.57. The molecule has 6 nitrogen and oxygen atoms in total. The van der Waals surface area contributed by atoms with Gasteiger partial charge in [-0.25, -0.2) is 0 Å². The highest BCUT2D eigenvalue weighted by Crippen LogP contribution is 2.31. The van der Waals surface area contributed by atoms with E-state index < -0.39 is 0 Å². The van der Waals surface area contributed by atoms with Crippen LogP contribution in [0.1, 0.15) is 49.8 Å². The fraction of sp³-hybridized carbons (Fsp3) is 0.417. The van der Waals surface area contributed by atoms with Crippen molar-refractivity contribution in [1.82, 2.24) is 10.6 Å². The van der Waals surface area contributed by atoms with Gasteiger partial charge in [-0.05, 0) is 37.5 Å². The number of hydrogen-bond acceptors (Lipinski definition) is 3. The highest BCUT2D eigenvalue weighted by Gasteiger charge is 2.24. The van der Waals surface area contributed by atoms with Gasteiger partial charge in [0.2, 0.25) is 5.91 Å². The van der Waals surface area contributed by atoms with Crippen molar-refractivity contribution in [2.24, 2.45) is 4.99 Å². The zero-order valence-corrected chi connectivity index (χ0v) is 17.9. The van der Waals surface area contributed by atoms with Crippen molar-refractivity contribution < 1.29 is 9.53 Å². The van der Waals surface area contributed by atoms with E-state index >= 15 is 0 Å². The third-order valence-electron chi connectivity index (χ3n) is 5.17. The van der Waals surface area contributed by atoms with Gasteiger partial charge in [-0.3, -0.25) is 9.79 Å². The summed E-state index contributed by atoms with van der Waals surface area (Å²) in [4.78, 5) is 16.7. The Kier molecular flexibility index (Phi) is 8.27. The van der Waals surface area contributed by atoms with Crippen LogP contribution < -0.4 is 16.0 Å². The summed E-state index contributed by atoms with van der Waals surface area (Å²) >= 11 is 0. The van der Waals surface area contributed by atoms with E-state index in [1.54, 1.807) is 0 Å². The van der Waals surface area contributed by atoms with Crippen LogP contribution in [0.5, 0.6) is 0 Å². The van der Waals surface area contributed by atoms with Gasteiger partial charge in [0.25, 0.3) is 0 Å². The molecule has 2 aromatic carbocycles. The van der Waals surface area contributed by atoms with Crippen LogP contribution in [-0.2, 0) is 9.53 Å². The minimum absolute atomic E-state index is 0.0524. The number of guanidine groups is 1. The van der Waals surface area contributed by atoms with Crippen molar-refractivity contribution in [3.63, 3.8) is 0 Å². The lowest BCUT2D eigenvalue weighted by Gasteiger charge is -2.24. The Labute approximate surface area is 179 Å². The number of anilines is 1. The average Bonchev–Trinajstić information content (AvgIpc) is 2.77. The number of nitrogens with zero attached hydrogens (tertiary/aromatic N) is 1. The van der Waals surface area contributed by atoms with E-state index in [0.717, 1.165) is 36.7 Å². The third-order valence-corrected chi connectivity index (χ3v) is 5.17. The predicted molar refractivity (Wildman–Crippen MR) is 122 cm³/mol. The van der Waals surface area contributed by atoms with E-state index in [2.05, 4.69) is 41.1 Å². The van der Waals surface area contributed by atoms with Crippen LogP contribution in [0.2, 0.25) is 0 Å². The van der Waals surface area contributed by atoms with Gasteiger partial charge in [0.1, 0.15) is 0 Å². The first kappa shape index (κ1) is 21.8. The maximum absolute atomic E-state index is 12.0. The van der Waals surface area contributed by atoms with Crippen molar-refractivity contribution in [3.05, 3.63) is 65.7 Å². The lowest BCUT2D eigenvalue weighted by molar-refractivity contribution is -0.116. The molecule has 1 aliphatic rings. The third kappa shape index (κ3) is 6.32. The molecule has 0 aromatic heterocycles. The molecular formula is C24H32N4O2.